The third-order valence-electron chi connectivity index (χ3n) is 11.9. The van der Waals surface area contributed by atoms with Crippen LogP contribution in [0.4, 0.5) is 0 Å². The van der Waals surface area contributed by atoms with Crippen molar-refractivity contribution in [1.82, 2.24) is 4.57 Å². The molecule has 0 spiro atoms. The molecular weight excluding hydrogens is 663 g/mol. The third-order valence-corrected chi connectivity index (χ3v) is 11.9. The van der Waals surface area contributed by atoms with E-state index in [9.17, 15) is 0 Å². The summed E-state index contributed by atoms with van der Waals surface area (Å²) >= 11 is 0. The Bertz CT molecular complexity index is 3250. The summed E-state index contributed by atoms with van der Waals surface area (Å²) in [6.07, 6.45) is 0. The van der Waals surface area contributed by atoms with Crippen LogP contribution in [0, 0.1) is 0 Å². The molecule has 1 heteroatoms. The quantitative estimate of drug-likeness (QED) is 0.128. The van der Waals surface area contributed by atoms with E-state index in [1.54, 1.807) is 0 Å². The molecule has 0 unspecified atom stereocenters. The maximum absolute atomic E-state index is 2.47. The van der Waals surface area contributed by atoms with E-state index in [-0.39, 0.29) is 5.41 Å². The first-order chi connectivity index (χ1) is 26.9. The SMILES string of the molecule is CC(C)(C)c1ccc2c(-c3ccc(-n4c5ccccc5c5ccccc54)cc3)c3ccccc3c(-c3ccc4c5ccccc5c5ccccc5c4c3)c2c1. The highest BCUT2D eigenvalue weighted by molar-refractivity contribution is 6.27. The molecule has 0 aliphatic carbocycles. The van der Waals surface area contributed by atoms with Crippen LogP contribution in [0.1, 0.15) is 26.3 Å². The monoisotopic (exact) mass is 701 g/mol. The number of aromatic nitrogens is 1. The van der Waals surface area contributed by atoms with Crippen LogP contribution in [-0.4, -0.2) is 4.57 Å². The molecular formula is C54H39N. The normalized spacial score (nSPS) is 12.3. The predicted molar refractivity (Wildman–Crippen MR) is 238 cm³/mol. The minimum atomic E-state index is -0.000267. The van der Waals surface area contributed by atoms with Crippen LogP contribution in [0.15, 0.2) is 182 Å². The fraction of sp³-hybridized carbons (Fsp3) is 0.0741. The molecule has 11 aromatic rings. The van der Waals surface area contributed by atoms with Crippen LogP contribution in [0.3, 0.4) is 0 Å². The fourth-order valence-corrected chi connectivity index (χ4v) is 9.31. The summed E-state index contributed by atoms with van der Waals surface area (Å²) in [6, 6.07) is 67.8. The van der Waals surface area contributed by atoms with Gasteiger partial charge in [-0.1, -0.05) is 166 Å². The number of nitrogens with zero attached hydrogens (tertiary/aromatic N) is 1. The summed E-state index contributed by atoms with van der Waals surface area (Å²) in [6.45, 7) is 6.95. The Labute approximate surface area is 320 Å². The molecule has 0 saturated heterocycles. The average Bonchev–Trinajstić information content (AvgIpc) is 3.56. The molecule has 0 bridgehead atoms. The minimum absolute atomic E-state index is 0.000267. The largest absolute Gasteiger partial charge is 0.309 e. The molecule has 1 aromatic heterocycles. The van der Waals surface area contributed by atoms with Gasteiger partial charge in [-0.05, 0) is 123 Å². The molecule has 0 aliphatic rings. The second-order valence-corrected chi connectivity index (χ2v) is 16.1. The molecule has 10 aromatic carbocycles. The van der Waals surface area contributed by atoms with Gasteiger partial charge >= 0.3 is 0 Å². The summed E-state index contributed by atoms with van der Waals surface area (Å²) in [5.41, 5.74) is 9.98. The van der Waals surface area contributed by atoms with Gasteiger partial charge in [-0.2, -0.15) is 0 Å². The first-order valence-corrected chi connectivity index (χ1v) is 19.4. The molecule has 0 aliphatic heterocycles. The van der Waals surface area contributed by atoms with E-state index < -0.39 is 0 Å². The van der Waals surface area contributed by atoms with Crippen LogP contribution in [0.5, 0.6) is 0 Å². The van der Waals surface area contributed by atoms with Crippen molar-refractivity contribution in [2.24, 2.45) is 0 Å². The van der Waals surface area contributed by atoms with Crippen LogP contribution >= 0.6 is 0 Å². The number of hydrogen-bond acceptors (Lipinski definition) is 0. The lowest BCUT2D eigenvalue weighted by Crippen LogP contribution is -2.10. The summed E-state index contributed by atoms with van der Waals surface area (Å²) in [5.74, 6) is 0. The first-order valence-electron chi connectivity index (χ1n) is 19.4. The van der Waals surface area contributed by atoms with E-state index in [1.165, 1.54) is 103 Å². The Morgan fingerprint density at radius 2 is 0.709 bits per heavy atom. The highest BCUT2D eigenvalue weighted by Gasteiger charge is 2.21. The van der Waals surface area contributed by atoms with Crippen molar-refractivity contribution in [1.29, 1.82) is 0 Å². The highest BCUT2D eigenvalue weighted by Crippen LogP contribution is 2.46. The highest BCUT2D eigenvalue weighted by atomic mass is 15.0. The summed E-state index contributed by atoms with van der Waals surface area (Å²) in [7, 11) is 0. The molecule has 260 valence electrons. The van der Waals surface area contributed by atoms with Crippen molar-refractivity contribution in [3.63, 3.8) is 0 Å². The molecule has 55 heavy (non-hydrogen) atoms. The Balaban J connectivity index is 1.18. The maximum atomic E-state index is 2.47. The summed E-state index contributed by atoms with van der Waals surface area (Å²) in [5, 5.41) is 15.4. The second-order valence-electron chi connectivity index (χ2n) is 16.1. The van der Waals surface area contributed by atoms with Gasteiger partial charge in [0.2, 0.25) is 0 Å². The van der Waals surface area contributed by atoms with Gasteiger partial charge in [0.15, 0.2) is 0 Å². The van der Waals surface area contributed by atoms with Gasteiger partial charge in [-0.3, -0.25) is 0 Å². The zero-order chi connectivity index (χ0) is 36.8. The van der Waals surface area contributed by atoms with Crippen LogP contribution in [0.2, 0.25) is 0 Å². The standard InChI is InChI=1S/C54H39N/c1-54(2,3)36-27-31-47-49(33-36)53(35-26-30-42-40-16-5-4-14-38(40)39-15-6-7-17-41(39)48(42)32-35)46-21-9-8-20-45(46)52(47)34-24-28-37(29-25-34)55-50-22-12-10-18-43(50)44-19-11-13-23-51(44)55/h4-33H,1-3H3. The van der Waals surface area contributed by atoms with Crippen LogP contribution in [0.25, 0.3) is 104 Å². The molecule has 0 fully saturated rings. The van der Waals surface area contributed by atoms with Crippen LogP contribution in [-0.2, 0) is 5.41 Å². The predicted octanol–water partition coefficient (Wildman–Crippen LogP) is 15.2. The molecule has 1 heterocycles. The topological polar surface area (TPSA) is 4.93 Å². The molecule has 11 rings (SSSR count). The number of hydrogen-bond donors (Lipinski definition) is 0. The van der Waals surface area contributed by atoms with Gasteiger partial charge in [0.05, 0.1) is 11.0 Å². The van der Waals surface area contributed by atoms with Crippen molar-refractivity contribution >= 4 is 75.7 Å². The van der Waals surface area contributed by atoms with Crippen molar-refractivity contribution < 1.29 is 0 Å². The Morgan fingerprint density at radius 1 is 0.309 bits per heavy atom. The molecule has 0 saturated carbocycles. The van der Waals surface area contributed by atoms with E-state index in [0.717, 1.165) is 5.69 Å². The Hall–Kier alpha value is -6.70. The molecule has 0 N–H and O–H groups in total. The smallest absolute Gasteiger partial charge is 0.0541 e. The minimum Gasteiger partial charge on any atom is -0.309 e. The molecule has 1 nitrogen and oxygen atoms in total. The fourth-order valence-electron chi connectivity index (χ4n) is 9.31. The number of fused-ring (bicyclic) bond motifs is 11. The van der Waals surface area contributed by atoms with E-state index >= 15 is 0 Å². The Kier molecular flexibility index (Phi) is 6.88. The molecule has 0 atom stereocenters. The van der Waals surface area contributed by atoms with Gasteiger partial charge in [-0.25, -0.2) is 0 Å². The Morgan fingerprint density at radius 3 is 1.25 bits per heavy atom. The van der Waals surface area contributed by atoms with Crippen LogP contribution < -0.4 is 0 Å². The zero-order valence-corrected chi connectivity index (χ0v) is 31.3. The molecule has 0 radical (unpaired) electrons. The first kappa shape index (κ1) is 31.8. The summed E-state index contributed by atoms with van der Waals surface area (Å²) in [4.78, 5) is 0. The third kappa shape index (κ3) is 4.79. The zero-order valence-electron chi connectivity index (χ0n) is 31.3. The van der Waals surface area contributed by atoms with Gasteiger partial charge in [0.1, 0.15) is 0 Å². The molecule has 0 amide bonds. The lowest BCUT2D eigenvalue weighted by Gasteiger charge is -2.23. The number of benzene rings is 10. The van der Waals surface area contributed by atoms with Gasteiger partial charge in [0, 0.05) is 16.5 Å². The lowest BCUT2D eigenvalue weighted by molar-refractivity contribution is 0.591. The van der Waals surface area contributed by atoms with Gasteiger partial charge in [0.25, 0.3) is 0 Å². The maximum Gasteiger partial charge on any atom is 0.0541 e. The summed E-state index contributed by atoms with van der Waals surface area (Å²) < 4.78 is 2.40. The van der Waals surface area contributed by atoms with Crippen molar-refractivity contribution in [2.75, 3.05) is 0 Å². The van der Waals surface area contributed by atoms with Crippen molar-refractivity contribution in [2.45, 2.75) is 26.2 Å². The number of rotatable bonds is 3. The van der Waals surface area contributed by atoms with Gasteiger partial charge < -0.3 is 4.57 Å². The van der Waals surface area contributed by atoms with Crippen molar-refractivity contribution in [3.8, 4) is 27.9 Å². The number of para-hydroxylation sites is 2. The van der Waals surface area contributed by atoms with E-state index in [0.29, 0.717) is 0 Å². The van der Waals surface area contributed by atoms with Gasteiger partial charge in [-0.15, -0.1) is 0 Å². The van der Waals surface area contributed by atoms with E-state index in [1.807, 2.05) is 0 Å². The van der Waals surface area contributed by atoms with E-state index in [4.69, 9.17) is 0 Å². The average molecular weight is 702 g/mol. The van der Waals surface area contributed by atoms with Crippen molar-refractivity contribution in [3.05, 3.63) is 188 Å². The second kappa shape index (κ2) is 11.9. The lowest BCUT2D eigenvalue weighted by atomic mass is 9.81. The van der Waals surface area contributed by atoms with E-state index in [2.05, 4.69) is 207 Å².